The van der Waals surface area contributed by atoms with Crippen LogP contribution in [0.3, 0.4) is 0 Å². The Balaban J connectivity index is 1.32. The summed E-state index contributed by atoms with van der Waals surface area (Å²) in [5.41, 5.74) is -0.283. The Hall–Kier alpha value is -0.830. The average molecular weight is 328 g/mol. The van der Waals surface area contributed by atoms with Crippen molar-refractivity contribution in [1.82, 2.24) is 0 Å². The molecule has 6 aliphatic carbocycles. The van der Waals surface area contributed by atoms with Crippen LogP contribution in [0.4, 0.5) is 0 Å². The molecule has 0 saturated heterocycles. The van der Waals surface area contributed by atoms with E-state index in [2.05, 4.69) is 19.1 Å². The molecule has 130 valence electrons. The Morgan fingerprint density at radius 3 is 2.50 bits per heavy atom. The Labute approximate surface area is 143 Å². The summed E-state index contributed by atoms with van der Waals surface area (Å²) in [6.07, 6.45) is 10.2. The van der Waals surface area contributed by atoms with Gasteiger partial charge in [-0.1, -0.05) is 12.2 Å². The van der Waals surface area contributed by atoms with Crippen molar-refractivity contribution in [3.05, 3.63) is 12.2 Å². The normalized spacial score (nSPS) is 60.8. The standard InChI is InChI=1S/C21H28O3/c1-21(20(23)24-5-4-22)9-12-7-15(21)19-14-8-13(18(12)19)16-10-2-3-11(6-10)17(14)16/h2-3,10-19,22H,4-9H2,1H3. The van der Waals surface area contributed by atoms with E-state index in [0.29, 0.717) is 5.92 Å². The molecular weight excluding hydrogens is 300 g/mol. The van der Waals surface area contributed by atoms with Crippen molar-refractivity contribution < 1.29 is 14.6 Å². The molecule has 6 bridgehead atoms. The maximum Gasteiger partial charge on any atom is 0.312 e. The molecule has 0 aliphatic heterocycles. The van der Waals surface area contributed by atoms with Crippen LogP contribution in [-0.4, -0.2) is 24.3 Å². The van der Waals surface area contributed by atoms with Crippen LogP contribution in [0, 0.1) is 64.6 Å². The monoisotopic (exact) mass is 328 g/mol. The number of allylic oxidation sites excluding steroid dienone is 2. The molecule has 0 heterocycles. The first-order valence-electron chi connectivity index (χ1n) is 10.1. The molecule has 3 heteroatoms. The van der Waals surface area contributed by atoms with Gasteiger partial charge in [0.2, 0.25) is 0 Å². The van der Waals surface area contributed by atoms with E-state index >= 15 is 0 Å². The molecule has 11 unspecified atom stereocenters. The second-order valence-electron chi connectivity index (χ2n) is 9.90. The second-order valence-corrected chi connectivity index (χ2v) is 9.90. The van der Waals surface area contributed by atoms with Gasteiger partial charge in [0.05, 0.1) is 12.0 Å². The van der Waals surface area contributed by atoms with Gasteiger partial charge < -0.3 is 9.84 Å². The third-order valence-electron chi connectivity index (χ3n) is 9.41. The molecule has 5 saturated carbocycles. The van der Waals surface area contributed by atoms with E-state index in [4.69, 9.17) is 9.84 Å². The highest BCUT2D eigenvalue weighted by atomic mass is 16.5. The summed E-state index contributed by atoms with van der Waals surface area (Å²) in [7, 11) is 0. The summed E-state index contributed by atoms with van der Waals surface area (Å²) in [5.74, 6) is 8.45. The summed E-state index contributed by atoms with van der Waals surface area (Å²) in [4.78, 5) is 12.7. The fourth-order valence-electron chi connectivity index (χ4n) is 9.14. The van der Waals surface area contributed by atoms with E-state index in [1.165, 1.54) is 19.3 Å². The molecule has 0 amide bonds. The number of rotatable bonds is 3. The highest BCUT2D eigenvalue weighted by Crippen LogP contribution is 2.78. The van der Waals surface area contributed by atoms with Crippen LogP contribution < -0.4 is 0 Å². The maximum absolute atomic E-state index is 12.7. The van der Waals surface area contributed by atoms with Gasteiger partial charge in [0.15, 0.2) is 0 Å². The number of carbonyl (C=O) groups excluding carboxylic acids is 1. The van der Waals surface area contributed by atoms with Crippen LogP contribution in [0.25, 0.3) is 0 Å². The minimum atomic E-state index is -0.283. The van der Waals surface area contributed by atoms with E-state index < -0.39 is 0 Å². The lowest BCUT2D eigenvalue weighted by atomic mass is 9.56. The summed E-state index contributed by atoms with van der Waals surface area (Å²) in [6.45, 7) is 2.26. The quantitative estimate of drug-likeness (QED) is 0.492. The number of aliphatic hydroxyl groups is 1. The molecule has 24 heavy (non-hydrogen) atoms. The van der Waals surface area contributed by atoms with Gasteiger partial charge in [0.1, 0.15) is 6.61 Å². The van der Waals surface area contributed by atoms with Crippen LogP contribution in [0.1, 0.15) is 32.6 Å². The van der Waals surface area contributed by atoms with Crippen LogP contribution >= 0.6 is 0 Å². The predicted molar refractivity (Wildman–Crippen MR) is 88.7 cm³/mol. The summed E-state index contributed by atoms with van der Waals surface area (Å²) in [5, 5.41) is 8.99. The predicted octanol–water partition coefficient (Wildman–Crippen LogP) is 2.89. The van der Waals surface area contributed by atoms with Crippen molar-refractivity contribution in [3.8, 4) is 0 Å². The van der Waals surface area contributed by atoms with Crippen LogP contribution in [0.5, 0.6) is 0 Å². The molecule has 0 aromatic heterocycles. The van der Waals surface area contributed by atoms with Crippen LogP contribution in [-0.2, 0) is 9.53 Å². The van der Waals surface area contributed by atoms with E-state index in [1.54, 1.807) is 0 Å². The number of carbonyl (C=O) groups is 1. The van der Waals surface area contributed by atoms with Crippen molar-refractivity contribution in [2.24, 2.45) is 64.6 Å². The molecule has 0 radical (unpaired) electrons. The Bertz CT molecular complexity index is 627. The van der Waals surface area contributed by atoms with Gasteiger partial charge in [-0.2, -0.15) is 0 Å². The van der Waals surface area contributed by atoms with Gasteiger partial charge in [-0.25, -0.2) is 0 Å². The van der Waals surface area contributed by atoms with Crippen molar-refractivity contribution in [2.75, 3.05) is 13.2 Å². The van der Waals surface area contributed by atoms with Crippen LogP contribution in [0.2, 0.25) is 0 Å². The van der Waals surface area contributed by atoms with Crippen LogP contribution in [0.15, 0.2) is 12.2 Å². The second kappa shape index (κ2) is 4.47. The zero-order valence-electron chi connectivity index (χ0n) is 14.4. The van der Waals surface area contributed by atoms with E-state index in [9.17, 15) is 4.79 Å². The molecular formula is C21H28O3. The third kappa shape index (κ3) is 1.45. The largest absolute Gasteiger partial charge is 0.463 e. The van der Waals surface area contributed by atoms with E-state index in [1.807, 2.05) is 0 Å². The maximum atomic E-state index is 12.7. The van der Waals surface area contributed by atoms with Crippen molar-refractivity contribution in [2.45, 2.75) is 32.6 Å². The summed E-state index contributed by atoms with van der Waals surface area (Å²) >= 11 is 0. The van der Waals surface area contributed by atoms with Gasteiger partial charge >= 0.3 is 5.97 Å². The van der Waals surface area contributed by atoms with Gasteiger partial charge in [0.25, 0.3) is 0 Å². The minimum Gasteiger partial charge on any atom is -0.463 e. The first-order valence-corrected chi connectivity index (χ1v) is 10.1. The Morgan fingerprint density at radius 2 is 1.79 bits per heavy atom. The Kier molecular flexibility index (Phi) is 2.67. The van der Waals surface area contributed by atoms with Gasteiger partial charge in [0, 0.05) is 0 Å². The fraction of sp³-hybridized carbons (Fsp3) is 0.857. The first kappa shape index (κ1) is 14.4. The number of aliphatic hydroxyl groups excluding tert-OH is 1. The minimum absolute atomic E-state index is 0.0327. The molecule has 1 N–H and O–H groups in total. The summed E-state index contributed by atoms with van der Waals surface area (Å²) < 4.78 is 5.40. The zero-order valence-corrected chi connectivity index (χ0v) is 14.4. The number of fused-ring (bicyclic) bond motifs is 16. The molecule has 3 nitrogen and oxygen atoms in total. The lowest BCUT2D eigenvalue weighted by molar-refractivity contribution is -0.163. The Morgan fingerprint density at radius 1 is 1.08 bits per heavy atom. The van der Waals surface area contributed by atoms with E-state index in [0.717, 1.165) is 59.7 Å². The number of ether oxygens (including phenoxy) is 1. The molecule has 0 spiro atoms. The third-order valence-corrected chi connectivity index (χ3v) is 9.41. The smallest absolute Gasteiger partial charge is 0.312 e. The molecule has 6 aliphatic rings. The zero-order chi connectivity index (χ0) is 16.2. The average Bonchev–Trinajstić information content (AvgIpc) is 3.36. The highest BCUT2D eigenvalue weighted by molar-refractivity contribution is 5.77. The molecule has 6 rings (SSSR count). The van der Waals surface area contributed by atoms with Crippen molar-refractivity contribution >= 4 is 5.97 Å². The van der Waals surface area contributed by atoms with E-state index in [-0.39, 0.29) is 24.6 Å². The molecule has 0 aromatic carbocycles. The lowest BCUT2D eigenvalue weighted by Crippen LogP contribution is -2.47. The number of hydrogen-bond donors (Lipinski definition) is 1. The lowest BCUT2D eigenvalue weighted by Gasteiger charge is -2.48. The first-order chi connectivity index (χ1) is 11.6. The van der Waals surface area contributed by atoms with Gasteiger partial charge in [-0.15, -0.1) is 0 Å². The summed E-state index contributed by atoms with van der Waals surface area (Å²) in [6, 6.07) is 0. The number of esters is 1. The fourth-order valence-corrected chi connectivity index (χ4v) is 9.14. The van der Waals surface area contributed by atoms with Gasteiger partial charge in [-0.05, 0) is 91.8 Å². The number of hydrogen-bond acceptors (Lipinski definition) is 3. The van der Waals surface area contributed by atoms with Gasteiger partial charge in [-0.3, -0.25) is 4.79 Å². The molecule has 0 aromatic rings. The molecule has 11 atom stereocenters. The topological polar surface area (TPSA) is 46.5 Å². The van der Waals surface area contributed by atoms with Crippen molar-refractivity contribution in [1.29, 1.82) is 0 Å². The SMILES string of the molecule is CC1(C(=O)OCCO)CC2CC1C1C3CC(C4C5C=CC(C5)C34)C21. The highest BCUT2D eigenvalue weighted by Gasteiger charge is 2.73. The molecule has 5 fully saturated rings. The van der Waals surface area contributed by atoms with Crippen molar-refractivity contribution in [3.63, 3.8) is 0 Å².